The molecule has 0 unspecified atom stereocenters. The molecule has 0 bridgehead atoms. The molecule has 1 aromatic carbocycles. The lowest BCUT2D eigenvalue weighted by atomic mass is 10.2. The van der Waals surface area contributed by atoms with E-state index in [0.29, 0.717) is 18.2 Å². The zero-order chi connectivity index (χ0) is 16.8. The predicted octanol–water partition coefficient (Wildman–Crippen LogP) is 2.95. The monoisotopic (exact) mass is 322 g/mol. The number of rotatable bonds is 6. The van der Waals surface area contributed by atoms with Crippen LogP contribution in [0.5, 0.6) is 11.6 Å². The van der Waals surface area contributed by atoms with Crippen LogP contribution in [0, 0.1) is 0 Å². The summed E-state index contributed by atoms with van der Waals surface area (Å²) in [5.74, 6) is 1.07. The van der Waals surface area contributed by atoms with Crippen LogP contribution in [0.3, 0.4) is 0 Å². The average molecular weight is 322 g/mol. The molecular formula is C18H18N4O2. The Balaban J connectivity index is 1.66. The Kier molecular flexibility index (Phi) is 4.86. The summed E-state index contributed by atoms with van der Waals surface area (Å²) in [4.78, 5) is 16.5. The van der Waals surface area contributed by atoms with E-state index in [9.17, 15) is 4.79 Å². The zero-order valence-electron chi connectivity index (χ0n) is 13.3. The molecule has 2 heterocycles. The molecule has 0 spiro atoms. The summed E-state index contributed by atoms with van der Waals surface area (Å²) in [6, 6.07) is 14.5. The van der Waals surface area contributed by atoms with Crippen LogP contribution in [0.4, 0.5) is 0 Å². The number of aromatic nitrogens is 3. The van der Waals surface area contributed by atoms with E-state index >= 15 is 0 Å². The van der Waals surface area contributed by atoms with E-state index in [2.05, 4.69) is 15.4 Å². The fourth-order valence-corrected chi connectivity index (χ4v) is 2.21. The van der Waals surface area contributed by atoms with Gasteiger partial charge < -0.3 is 10.1 Å². The van der Waals surface area contributed by atoms with E-state index in [1.54, 1.807) is 36.3 Å². The lowest BCUT2D eigenvalue weighted by molar-refractivity contribution is -0.124. The van der Waals surface area contributed by atoms with E-state index in [1.165, 1.54) is 0 Å². The Morgan fingerprint density at radius 3 is 2.75 bits per heavy atom. The van der Waals surface area contributed by atoms with Gasteiger partial charge in [-0.05, 0) is 31.2 Å². The normalized spacial score (nSPS) is 11.7. The SMILES string of the molecule is C[C@@H](C(=O)NCc1cccnc1Oc1ccccc1)n1cccn1. The van der Waals surface area contributed by atoms with Gasteiger partial charge in [-0.15, -0.1) is 0 Å². The predicted molar refractivity (Wildman–Crippen MR) is 89.5 cm³/mol. The highest BCUT2D eigenvalue weighted by atomic mass is 16.5. The van der Waals surface area contributed by atoms with Crippen LogP contribution in [0.2, 0.25) is 0 Å². The van der Waals surface area contributed by atoms with Crippen molar-refractivity contribution in [3.05, 3.63) is 72.7 Å². The molecule has 3 aromatic rings. The standard InChI is InChI=1S/C18H18N4O2/c1-14(22-12-6-11-21-22)17(23)20-13-15-7-5-10-19-18(15)24-16-8-3-2-4-9-16/h2-12,14H,13H2,1H3,(H,20,23)/t14-/m0/s1. The second-order valence-corrected chi connectivity index (χ2v) is 5.26. The van der Waals surface area contributed by atoms with Gasteiger partial charge in [0, 0.05) is 30.7 Å². The van der Waals surface area contributed by atoms with Crippen LogP contribution in [0.25, 0.3) is 0 Å². The first-order valence-corrected chi connectivity index (χ1v) is 7.67. The summed E-state index contributed by atoms with van der Waals surface area (Å²) in [7, 11) is 0. The average Bonchev–Trinajstić information content (AvgIpc) is 3.15. The van der Waals surface area contributed by atoms with Crippen LogP contribution in [0.15, 0.2) is 67.1 Å². The minimum Gasteiger partial charge on any atom is -0.439 e. The Hall–Kier alpha value is -3.15. The van der Waals surface area contributed by atoms with Crippen molar-refractivity contribution in [1.29, 1.82) is 0 Å². The van der Waals surface area contributed by atoms with E-state index in [1.807, 2.05) is 42.5 Å². The first-order chi connectivity index (χ1) is 11.7. The van der Waals surface area contributed by atoms with E-state index in [-0.39, 0.29) is 11.9 Å². The van der Waals surface area contributed by atoms with E-state index in [0.717, 1.165) is 5.56 Å². The first-order valence-electron chi connectivity index (χ1n) is 7.67. The van der Waals surface area contributed by atoms with Gasteiger partial charge in [0.25, 0.3) is 0 Å². The highest BCUT2D eigenvalue weighted by Gasteiger charge is 2.15. The number of nitrogens with one attached hydrogen (secondary N) is 1. The second-order valence-electron chi connectivity index (χ2n) is 5.26. The molecule has 1 amide bonds. The van der Waals surface area contributed by atoms with Crippen molar-refractivity contribution in [2.45, 2.75) is 19.5 Å². The van der Waals surface area contributed by atoms with Crippen molar-refractivity contribution in [3.8, 4) is 11.6 Å². The second kappa shape index (κ2) is 7.41. The fourth-order valence-electron chi connectivity index (χ4n) is 2.21. The first kappa shape index (κ1) is 15.7. The molecule has 122 valence electrons. The van der Waals surface area contributed by atoms with Crippen LogP contribution in [0.1, 0.15) is 18.5 Å². The van der Waals surface area contributed by atoms with Crippen molar-refractivity contribution in [1.82, 2.24) is 20.1 Å². The molecule has 1 atom stereocenters. The maximum Gasteiger partial charge on any atom is 0.244 e. The lowest BCUT2D eigenvalue weighted by Crippen LogP contribution is -2.31. The number of amides is 1. The summed E-state index contributed by atoms with van der Waals surface area (Å²) >= 11 is 0. The smallest absolute Gasteiger partial charge is 0.244 e. The summed E-state index contributed by atoms with van der Waals surface area (Å²) < 4.78 is 7.41. The zero-order valence-corrected chi connectivity index (χ0v) is 13.3. The number of carbonyl (C=O) groups is 1. The van der Waals surface area contributed by atoms with Crippen LogP contribution in [-0.4, -0.2) is 20.7 Å². The molecule has 1 N–H and O–H groups in total. The van der Waals surface area contributed by atoms with Crippen LogP contribution >= 0.6 is 0 Å². The number of carbonyl (C=O) groups excluding carboxylic acids is 1. The summed E-state index contributed by atoms with van der Waals surface area (Å²) in [5, 5.41) is 6.98. The third-order valence-corrected chi connectivity index (χ3v) is 3.56. The van der Waals surface area contributed by atoms with Crippen molar-refractivity contribution in [3.63, 3.8) is 0 Å². The quantitative estimate of drug-likeness (QED) is 0.757. The van der Waals surface area contributed by atoms with Gasteiger partial charge in [0.2, 0.25) is 11.8 Å². The van der Waals surface area contributed by atoms with Crippen molar-refractivity contribution in [2.75, 3.05) is 0 Å². The number of hydrogen-bond acceptors (Lipinski definition) is 4. The molecule has 2 aromatic heterocycles. The molecule has 0 saturated heterocycles. The topological polar surface area (TPSA) is 69.0 Å². The van der Waals surface area contributed by atoms with Crippen LogP contribution < -0.4 is 10.1 Å². The molecule has 3 rings (SSSR count). The number of nitrogens with zero attached hydrogens (tertiary/aromatic N) is 3. The summed E-state index contributed by atoms with van der Waals surface area (Å²) in [6.45, 7) is 2.13. The van der Waals surface area contributed by atoms with Crippen molar-refractivity contribution in [2.24, 2.45) is 0 Å². The summed E-state index contributed by atoms with van der Waals surface area (Å²) in [5.41, 5.74) is 0.808. The molecule has 6 nitrogen and oxygen atoms in total. The molecule has 24 heavy (non-hydrogen) atoms. The molecule has 0 aliphatic heterocycles. The molecule has 0 saturated carbocycles. The van der Waals surface area contributed by atoms with Gasteiger partial charge in [-0.1, -0.05) is 24.3 Å². The Morgan fingerprint density at radius 2 is 2.00 bits per heavy atom. The number of ether oxygens (including phenoxy) is 1. The van der Waals surface area contributed by atoms with Gasteiger partial charge in [-0.25, -0.2) is 4.98 Å². The van der Waals surface area contributed by atoms with Gasteiger partial charge >= 0.3 is 0 Å². The third kappa shape index (κ3) is 3.78. The largest absolute Gasteiger partial charge is 0.439 e. The highest BCUT2D eigenvalue weighted by Crippen LogP contribution is 2.22. The van der Waals surface area contributed by atoms with Crippen LogP contribution in [-0.2, 0) is 11.3 Å². The van der Waals surface area contributed by atoms with Gasteiger partial charge in [0.05, 0.1) is 0 Å². The Morgan fingerprint density at radius 1 is 1.17 bits per heavy atom. The number of para-hydroxylation sites is 1. The molecule has 0 aliphatic rings. The Bertz CT molecular complexity index is 788. The Labute approximate surface area is 140 Å². The lowest BCUT2D eigenvalue weighted by Gasteiger charge is -2.14. The minimum absolute atomic E-state index is 0.117. The maximum atomic E-state index is 12.3. The van der Waals surface area contributed by atoms with Crippen molar-refractivity contribution < 1.29 is 9.53 Å². The van der Waals surface area contributed by atoms with Crippen molar-refractivity contribution >= 4 is 5.91 Å². The fraction of sp³-hybridized carbons (Fsp3) is 0.167. The highest BCUT2D eigenvalue weighted by molar-refractivity contribution is 5.79. The number of hydrogen-bond donors (Lipinski definition) is 1. The molecular weight excluding hydrogens is 304 g/mol. The molecule has 6 heteroatoms. The third-order valence-electron chi connectivity index (χ3n) is 3.56. The number of benzene rings is 1. The van der Waals surface area contributed by atoms with Gasteiger partial charge in [0.1, 0.15) is 11.8 Å². The van der Waals surface area contributed by atoms with E-state index in [4.69, 9.17) is 4.74 Å². The molecule has 0 aliphatic carbocycles. The molecule has 0 radical (unpaired) electrons. The number of pyridine rings is 1. The summed E-state index contributed by atoms with van der Waals surface area (Å²) in [6.07, 6.45) is 5.07. The van der Waals surface area contributed by atoms with E-state index < -0.39 is 0 Å². The van der Waals surface area contributed by atoms with Gasteiger partial charge in [0.15, 0.2) is 0 Å². The minimum atomic E-state index is -0.379. The van der Waals surface area contributed by atoms with Gasteiger partial charge in [-0.3, -0.25) is 9.48 Å². The maximum absolute atomic E-state index is 12.3. The van der Waals surface area contributed by atoms with Gasteiger partial charge in [-0.2, -0.15) is 5.10 Å². The molecule has 0 fully saturated rings.